The maximum Gasteiger partial charge on any atom is 0.251 e. The lowest BCUT2D eigenvalue weighted by atomic mass is 9.99. The molecule has 0 aliphatic heterocycles. The number of pyridine rings is 1. The van der Waals surface area contributed by atoms with Crippen molar-refractivity contribution in [3.63, 3.8) is 0 Å². The van der Waals surface area contributed by atoms with Crippen molar-refractivity contribution in [3.05, 3.63) is 129 Å². The smallest absolute Gasteiger partial charge is 0.251 e. The number of tetrazole rings is 1. The van der Waals surface area contributed by atoms with Gasteiger partial charge in [0, 0.05) is 58.8 Å². The van der Waals surface area contributed by atoms with Crippen molar-refractivity contribution in [1.82, 2.24) is 40.5 Å². The van der Waals surface area contributed by atoms with Gasteiger partial charge in [0.1, 0.15) is 5.75 Å². The number of aromatic amines is 1. The maximum atomic E-state index is 13.4. The second kappa shape index (κ2) is 14.3. The van der Waals surface area contributed by atoms with Gasteiger partial charge in [-0.1, -0.05) is 35.0 Å². The summed E-state index contributed by atoms with van der Waals surface area (Å²) in [5.74, 6) is 1.30. The van der Waals surface area contributed by atoms with Gasteiger partial charge < -0.3 is 14.6 Å². The van der Waals surface area contributed by atoms with Crippen molar-refractivity contribution in [3.8, 4) is 5.75 Å². The highest BCUT2D eigenvalue weighted by Gasteiger charge is 2.20. The van der Waals surface area contributed by atoms with E-state index in [0.29, 0.717) is 35.9 Å². The quantitative estimate of drug-likeness (QED) is 0.142. The van der Waals surface area contributed by atoms with Crippen LogP contribution in [0.1, 0.15) is 43.7 Å². The summed E-state index contributed by atoms with van der Waals surface area (Å²) in [7, 11) is 1.67. The van der Waals surface area contributed by atoms with E-state index in [0.717, 1.165) is 63.3 Å². The van der Waals surface area contributed by atoms with Crippen molar-refractivity contribution < 1.29 is 9.53 Å². The molecule has 0 saturated carbocycles. The van der Waals surface area contributed by atoms with Crippen LogP contribution in [0.25, 0.3) is 21.1 Å². The molecule has 7 aromatic rings. The molecule has 0 saturated heterocycles. The van der Waals surface area contributed by atoms with Gasteiger partial charge in [0.2, 0.25) is 0 Å². The van der Waals surface area contributed by atoms with Crippen LogP contribution in [0.5, 0.6) is 5.75 Å². The molecule has 0 aliphatic carbocycles. The van der Waals surface area contributed by atoms with Gasteiger partial charge >= 0.3 is 0 Å². The maximum absolute atomic E-state index is 13.4. The van der Waals surface area contributed by atoms with E-state index in [1.807, 2.05) is 54.6 Å². The van der Waals surface area contributed by atoms with E-state index < -0.39 is 0 Å². The van der Waals surface area contributed by atoms with Crippen molar-refractivity contribution in [1.29, 1.82) is 0 Å². The topological polar surface area (TPSA) is 124 Å². The number of methoxy groups -OCH3 is 1. The van der Waals surface area contributed by atoms with E-state index >= 15 is 0 Å². The largest absolute Gasteiger partial charge is 0.497 e. The Morgan fingerprint density at radius 1 is 0.979 bits per heavy atom. The molecule has 12 heteroatoms. The van der Waals surface area contributed by atoms with Gasteiger partial charge in [-0.2, -0.15) is 5.21 Å². The lowest BCUT2D eigenvalue weighted by molar-refractivity contribution is 0.0950. The number of aromatic nitrogens is 7. The number of halogens is 1. The Hall–Kier alpha value is -5.13. The Labute approximate surface area is 286 Å². The minimum absolute atomic E-state index is 0.141. The molecule has 0 atom stereocenters. The number of amides is 1. The predicted molar refractivity (Wildman–Crippen MR) is 188 cm³/mol. The number of benzene rings is 3. The normalized spacial score (nSPS) is 11.4. The number of thiazole rings is 1. The van der Waals surface area contributed by atoms with E-state index in [1.54, 1.807) is 24.6 Å². The number of aryl methyl sites for hydroxylation is 5. The Balaban J connectivity index is 1.26. The van der Waals surface area contributed by atoms with E-state index in [9.17, 15) is 4.79 Å². The molecule has 0 spiro atoms. The number of carbonyl (C=O) groups excluding carboxylic acids is 1. The highest BCUT2D eigenvalue weighted by Crippen LogP contribution is 2.32. The highest BCUT2D eigenvalue weighted by molar-refractivity contribution is 7.18. The first-order chi connectivity index (χ1) is 23.5. The Morgan fingerprint density at radius 2 is 1.88 bits per heavy atom. The van der Waals surface area contributed by atoms with Crippen LogP contribution in [0.2, 0.25) is 5.02 Å². The number of hydrogen-bond donors (Lipinski definition) is 2. The van der Waals surface area contributed by atoms with Gasteiger partial charge in [0.05, 0.1) is 34.6 Å². The number of hydrogen-bond acceptors (Lipinski definition) is 8. The van der Waals surface area contributed by atoms with Gasteiger partial charge in [-0.25, -0.2) is 4.98 Å². The Kier molecular flexibility index (Phi) is 9.39. The van der Waals surface area contributed by atoms with Crippen LogP contribution in [-0.2, 0) is 45.2 Å². The molecule has 48 heavy (non-hydrogen) atoms. The summed E-state index contributed by atoms with van der Waals surface area (Å²) in [5.41, 5.74) is 7.04. The molecule has 0 fully saturated rings. The van der Waals surface area contributed by atoms with Gasteiger partial charge in [0.25, 0.3) is 5.91 Å². The van der Waals surface area contributed by atoms with Crippen LogP contribution < -0.4 is 10.1 Å². The molecular weight excluding hydrogens is 644 g/mol. The minimum Gasteiger partial charge on any atom is -0.497 e. The molecule has 2 N–H and O–H groups in total. The van der Waals surface area contributed by atoms with Crippen LogP contribution in [-0.4, -0.2) is 48.2 Å². The average Bonchev–Trinajstić information content (AvgIpc) is 3.86. The molecule has 0 unspecified atom stereocenters. The van der Waals surface area contributed by atoms with Crippen molar-refractivity contribution in [2.24, 2.45) is 0 Å². The summed E-state index contributed by atoms with van der Waals surface area (Å²) < 4.78 is 8.91. The van der Waals surface area contributed by atoms with Crippen molar-refractivity contribution in [2.75, 3.05) is 7.11 Å². The molecule has 4 aromatic heterocycles. The average molecular weight is 677 g/mol. The van der Waals surface area contributed by atoms with E-state index in [1.165, 1.54) is 16.8 Å². The monoisotopic (exact) mass is 676 g/mol. The molecule has 10 nitrogen and oxygen atoms in total. The number of ether oxygens (including phenoxy) is 1. The first-order valence-electron chi connectivity index (χ1n) is 15.8. The summed E-state index contributed by atoms with van der Waals surface area (Å²) in [6, 6.07) is 25.7. The summed E-state index contributed by atoms with van der Waals surface area (Å²) in [6.07, 6.45) is 5.49. The van der Waals surface area contributed by atoms with Crippen molar-refractivity contribution in [2.45, 2.75) is 45.2 Å². The molecule has 0 bridgehead atoms. The predicted octanol–water partition coefficient (Wildman–Crippen LogP) is 6.56. The SMILES string of the molecule is COc1ccc2sc(CCc3c(CCc4ccc(Cl)cc4)c4cc(C(=O)NCc5ccccn5)ccc4n3CCc3nn[nH]n3)nc2c1. The Morgan fingerprint density at radius 3 is 2.67 bits per heavy atom. The lowest BCUT2D eigenvalue weighted by Crippen LogP contribution is -2.23. The van der Waals surface area contributed by atoms with E-state index in [-0.39, 0.29) is 5.91 Å². The van der Waals surface area contributed by atoms with Gasteiger partial charge in [0.15, 0.2) is 5.82 Å². The number of fused-ring (bicyclic) bond motifs is 2. The second-order valence-corrected chi connectivity index (χ2v) is 13.0. The number of nitrogens with one attached hydrogen (secondary N) is 2. The molecule has 242 valence electrons. The van der Waals surface area contributed by atoms with Crippen LogP contribution >= 0.6 is 22.9 Å². The van der Waals surface area contributed by atoms with Crippen LogP contribution in [0.3, 0.4) is 0 Å². The fourth-order valence-electron chi connectivity index (χ4n) is 6.05. The van der Waals surface area contributed by atoms with Crippen LogP contribution in [0.15, 0.2) is 85.1 Å². The second-order valence-electron chi connectivity index (χ2n) is 11.5. The standard InChI is InChI=1S/C36H33ClN8O2S/c1-47-27-11-15-33-30(21-27)40-35(48-33)16-14-31-28(12-7-23-5-9-25(37)10-6-23)29-20-24(36(46)39-22-26-4-2-3-18-38-26)8-13-32(29)45(31)19-17-34-41-43-44-42-34/h2-6,8-11,13,15,18,20-21H,7,12,14,16-17,19,22H2,1H3,(H,39,46)(H,41,42,43,44). The van der Waals surface area contributed by atoms with Crippen LogP contribution in [0, 0.1) is 0 Å². The third-order valence-corrected chi connectivity index (χ3v) is 9.79. The minimum atomic E-state index is -0.141. The zero-order chi connectivity index (χ0) is 32.9. The van der Waals surface area contributed by atoms with Gasteiger partial charge in [-0.3, -0.25) is 9.78 Å². The first kappa shape index (κ1) is 31.5. The van der Waals surface area contributed by atoms with Crippen LogP contribution in [0.4, 0.5) is 0 Å². The zero-order valence-corrected chi connectivity index (χ0v) is 27.9. The third kappa shape index (κ3) is 7.07. The molecule has 1 amide bonds. The van der Waals surface area contributed by atoms with Crippen molar-refractivity contribution >= 4 is 50.0 Å². The molecule has 7 rings (SSSR count). The van der Waals surface area contributed by atoms with Gasteiger partial charge in [-0.05, 0) is 85.0 Å². The summed E-state index contributed by atoms with van der Waals surface area (Å²) in [5, 5.41) is 20.6. The summed E-state index contributed by atoms with van der Waals surface area (Å²) in [4.78, 5) is 22.7. The first-order valence-corrected chi connectivity index (χ1v) is 17.0. The van der Waals surface area contributed by atoms with Gasteiger partial charge in [-0.15, -0.1) is 21.5 Å². The number of rotatable bonds is 13. The lowest BCUT2D eigenvalue weighted by Gasteiger charge is -2.12. The Bertz CT molecular complexity index is 2160. The number of carbonyl (C=O) groups is 1. The fraction of sp³-hybridized carbons (Fsp3) is 0.222. The molecule has 0 radical (unpaired) electrons. The molecule has 0 aliphatic rings. The molecular formula is C36H33ClN8O2S. The summed E-state index contributed by atoms with van der Waals surface area (Å²) in [6.45, 7) is 1.01. The fourth-order valence-corrected chi connectivity index (χ4v) is 7.12. The van der Waals surface area contributed by atoms with E-state index in [2.05, 4.69) is 59.8 Å². The zero-order valence-electron chi connectivity index (χ0n) is 26.3. The third-order valence-electron chi connectivity index (χ3n) is 8.44. The highest BCUT2D eigenvalue weighted by atomic mass is 35.5. The summed E-state index contributed by atoms with van der Waals surface area (Å²) >= 11 is 7.90. The van der Waals surface area contributed by atoms with E-state index in [4.69, 9.17) is 21.3 Å². The number of nitrogens with zero attached hydrogens (tertiary/aromatic N) is 6. The number of H-pyrrole nitrogens is 1. The molecule has 4 heterocycles. The molecule has 3 aromatic carbocycles.